The summed E-state index contributed by atoms with van der Waals surface area (Å²) in [6.07, 6.45) is 0.213. The Kier molecular flexibility index (Phi) is 5.84. The molecule has 3 aromatic heterocycles. The van der Waals surface area contributed by atoms with Gasteiger partial charge in [0.25, 0.3) is 5.91 Å². The van der Waals surface area contributed by atoms with Crippen LogP contribution in [0, 0.1) is 6.92 Å². The lowest BCUT2D eigenvalue weighted by Crippen LogP contribution is -2.33. The van der Waals surface area contributed by atoms with E-state index in [1.54, 1.807) is 12.3 Å². The molecule has 35 heavy (non-hydrogen) atoms. The van der Waals surface area contributed by atoms with Crippen molar-refractivity contribution in [3.8, 4) is 0 Å². The van der Waals surface area contributed by atoms with E-state index in [1.165, 1.54) is 6.20 Å². The minimum atomic E-state index is -4.43. The average molecular weight is 477 g/mol. The van der Waals surface area contributed by atoms with Gasteiger partial charge in [-0.25, -0.2) is 4.98 Å². The SMILES string of the molecule is Cc1cc(C(=O)NCc2cnc3ccccc3c2)cnc1N1CCc2ncc(C(F)(F)F)cc2C1. The van der Waals surface area contributed by atoms with Crippen molar-refractivity contribution in [2.45, 2.75) is 32.6 Å². The fourth-order valence-electron chi connectivity index (χ4n) is 4.28. The number of fused-ring (bicyclic) bond motifs is 2. The molecule has 1 aromatic carbocycles. The van der Waals surface area contributed by atoms with Crippen LogP contribution in [-0.4, -0.2) is 27.4 Å². The van der Waals surface area contributed by atoms with Gasteiger partial charge in [0.2, 0.25) is 0 Å². The highest BCUT2D eigenvalue weighted by Gasteiger charge is 2.32. The van der Waals surface area contributed by atoms with E-state index in [9.17, 15) is 18.0 Å². The summed E-state index contributed by atoms with van der Waals surface area (Å²) in [5.41, 5.74) is 3.42. The number of rotatable bonds is 4. The summed E-state index contributed by atoms with van der Waals surface area (Å²) in [6.45, 7) is 3.03. The first-order valence-corrected chi connectivity index (χ1v) is 11.2. The molecule has 4 heterocycles. The Morgan fingerprint density at radius 1 is 1.06 bits per heavy atom. The van der Waals surface area contributed by atoms with Crippen LogP contribution >= 0.6 is 0 Å². The first kappa shape index (κ1) is 22.8. The van der Waals surface area contributed by atoms with Crippen molar-refractivity contribution in [2.24, 2.45) is 0 Å². The summed E-state index contributed by atoms with van der Waals surface area (Å²) in [6, 6.07) is 12.7. The van der Waals surface area contributed by atoms with Gasteiger partial charge in [0, 0.05) is 55.7 Å². The van der Waals surface area contributed by atoms with Gasteiger partial charge in [0.1, 0.15) is 5.82 Å². The number of benzene rings is 1. The molecule has 4 aromatic rings. The fourth-order valence-corrected chi connectivity index (χ4v) is 4.28. The van der Waals surface area contributed by atoms with Crippen molar-refractivity contribution in [3.05, 3.63) is 94.6 Å². The quantitative estimate of drug-likeness (QED) is 0.455. The van der Waals surface area contributed by atoms with E-state index in [0.717, 1.165) is 34.3 Å². The third-order valence-electron chi connectivity index (χ3n) is 6.08. The Morgan fingerprint density at radius 2 is 1.89 bits per heavy atom. The van der Waals surface area contributed by atoms with Crippen LogP contribution in [0.25, 0.3) is 10.9 Å². The molecule has 1 N–H and O–H groups in total. The molecule has 0 bridgehead atoms. The number of amides is 1. The molecule has 0 unspecified atom stereocenters. The van der Waals surface area contributed by atoms with Gasteiger partial charge in [0.05, 0.1) is 16.6 Å². The number of hydrogen-bond donors (Lipinski definition) is 1. The molecule has 9 heteroatoms. The van der Waals surface area contributed by atoms with Gasteiger partial charge >= 0.3 is 6.18 Å². The minimum absolute atomic E-state index is 0.261. The molecular weight excluding hydrogens is 455 g/mol. The number of nitrogens with zero attached hydrogens (tertiary/aromatic N) is 4. The Hall–Kier alpha value is -4.01. The van der Waals surface area contributed by atoms with Crippen LogP contribution < -0.4 is 10.2 Å². The number of para-hydroxylation sites is 1. The number of nitrogens with one attached hydrogen (secondary N) is 1. The molecule has 0 fully saturated rings. The van der Waals surface area contributed by atoms with Crippen molar-refractivity contribution in [3.63, 3.8) is 0 Å². The highest BCUT2D eigenvalue weighted by atomic mass is 19.4. The molecule has 0 saturated carbocycles. The van der Waals surface area contributed by atoms with E-state index < -0.39 is 11.7 Å². The first-order valence-electron chi connectivity index (χ1n) is 11.2. The van der Waals surface area contributed by atoms with Gasteiger partial charge < -0.3 is 10.2 Å². The summed E-state index contributed by atoms with van der Waals surface area (Å²) in [5, 5.41) is 3.89. The number of carbonyl (C=O) groups is 1. The predicted octanol–water partition coefficient (Wildman–Crippen LogP) is 4.84. The highest BCUT2D eigenvalue weighted by Crippen LogP contribution is 2.32. The number of alkyl halides is 3. The number of carbonyl (C=O) groups excluding carboxylic acids is 1. The van der Waals surface area contributed by atoms with Gasteiger partial charge in [-0.2, -0.15) is 13.2 Å². The number of hydrogen-bond acceptors (Lipinski definition) is 5. The predicted molar refractivity (Wildman–Crippen MR) is 126 cm³/mol. The lowest BCUT2D eigenvalue weighted by Gasteiger charge is -2.30. The number of pyridine rings is 3. The molecule has 5 rings (SSSR count). The van der Waals surface area contributed by atoms with Crippen LogP contribution in [0.15, 0.2) is 61.1 Å². The van der Waals surface area contributed by atoms with E-state index >= 15 is 0 Å². The number of anilines is 1. The van der Waals surface area contributed by atoms with E-state index in [2.05, 4.69) is 20.3 Å². The van der Waals surface area contributed by atoms with Gasteiger partial charge in [-0.1, -0.05) is 18.2 Å². The van der Waals surface area contributed by atoms with Gasteiger partial charge in [-0.3, -0.25) is 14.8 Å². The zero-order valence-electron chi connectivity index (χ0n) is 18.9. The second-order valence-electron chi connectivity index (χ2n) is 8.58. The average Bonchev–Trinajstić information content (AvgIpc) is 2.86. The number of aromatic nitrogens is 3. The molecule has 0 aliphatic carbocycles. The van der Waals surface area contributed by atoms with E-state index in [-0.39, 0.29) is 12.5 Å². The Labute approximate surface area is 199 Å². The van der Waals surface area contributed by atoms with Gasteiger partial charge in [-0.15, -0.1) is 0 Å². The topological polar surface area (TPSA) is 71.0 Å². The zero-order valence-corrected chi connectivity index (χ0v) is 18.9. The maximum Gasteiger partial charge on any atom is 0.417 e. The van der Waals surface area contributed by atoms with Crippen LogP contribution in [0.2, 0.25) is 0 Å². The minimum Gasteiger partial charge on any atom is -0.352 e. The summed E-state index contributed by atoms with van der Waals surface area (Å²) >= 11 is 0. The molecule has 0 radical (unpaired) electrons. The van der Waals surface area contributed by atoms with Crippen LogP contribution in [-0.2, 0) is 25.7 Å². The van der Waals surface area contributed by atoms with Crippen LogP contribution in [0.4, 0.5) is 19.0 Å². The van der Waals surface area contributed by atoms with Crippen molar-refractivity contribution >= 4 is 22.6 Å². The Balaban J connectivity index is 1.28. The van der Waals surface area contributed by atoms with Crippen LogP contribution in [0.5, 0.6) is 0 Å². The standard InChI is InChI=1S/C26H22F3N5O/c1-16-8-19(25(35)33-12-17-9-18-4-2-3-5-22(18)30-11-17)13-32-24(16)34-7-6-23-20(15-34)10-21(14-31-23)26(27,28)29/h2-5,8-11,13-14H,6-7,12,15H2,1H3,(H,33,35). The van der Waals surface area contributed by atoms with Crippen molar-refractivity contribution in [1.82, 2.24) is 20.3 Å². The molecule has 0 spiro atoms. The normalized spacial score (nSPS) is 13.5. The van der Waals surface area contributed by atoms with Crippen molar-refractivity contribution in [2.75, 3.05) is 11.4 Å². The summed E-state index contributed by atoms with van der Waals surface area (Å²) in [5.74, 6) is 0.381. The van der Waals surface area contributed by atoms with Crippen molar-refractivity contribution in [1.29, 1.82) is 0 Å². The lowest BCUT2D eigenvalue weighted by atomic mass is 10.0. The fraction of sp³-hybridized carbons (Fsp3) is 0.231. The molecule has 0 atom stereocenters. The van der Waals surface area contributed by atoms with Crippen LogP contribution in [0.3, 0.4) is 0 Å². The highest BCUT2D eigenvalue weighted by molar-refractivity contribution is 5.94. The monoisotopic (exact) mass is 477 g/mol. The third-order valence-corrected chi connectivity index (χ3v) is 6.08. The van der Waals surface area contributed by atoms with E-state index in [0.29, 0.717) is 42.1 Å². The molecule has 6 nitrogen and oxygen atoms in total. The lowest BCUT2D eigenvalue weighted by molar-refractivity contribution is -0.137. The maximum absolute atomic E-state index is 13.1. The summed E-state index contributed by atoms with van der Waals surface area (Å²) in [4.78, 5) is 27.5. The van der Waals surface area contributed by atoms with Gasteiger partial charge in [0.15, 0.2) is 0 Å². The molecule has 1 aliphatic rings. The second kappa shape index (κ2) is 8.98. The van der Waals surface area contributed by atoms with E-state index in [4.69, 9.17) is 0 Å². The smallest absolute Gasteiger partial charge is 0.352 e. The molecular formula is C26H22F3N5O. The second-order valence-corrected chi connectivity index (χ2v) is 8.58. The summed E-state index contributed by atoms with van der Waals surface area (Å²) in [7, 11) is 0. The zero-order chi connectivity index (χ0) is 24.6. The third kappa shape index (κ3) is 4.80. The largest absolute Gasteiger partial charge is 0.417 e. The van der Waals surface area contributed by atoms with Crippen molar-refractivity contribution < 1.29 is 18.0 Å². The van der Waals surface area contributed by atoms with Gasteiger partial charge in [-0.05, 0) is 47.9 Å². The molecule has 0 saturated heterocycles. The summed E-state index contributed by atoms with van der Waals surface area (Å²) < 4.78 is 39.3. The maximum atomic E-state index is 13.1. The number of aryl methyl sites for hydroxylation is 1. The number of halogens is 3. The molecule has 178 valence electrons. The van der Waals surface area contributed by atoms with Crippen LogP contribution in [0.1, 0.15) is 38.3 Å². The molecule has 1 amide bonds. The molecule has 1 aliphatic heterocycles. The first-order chi connectivity index (χ1) is 16.8. The van der Waals surface area contributed by atoms with E-state index in [1.807, 2.05) is 42.2 Å². The Morgan fingerprint density at radius 3 is 2.69 bits per heavy atom. The Bertz CT molecular complexity index is 1420.